The second-order valence-corrected chi connectivity index (χ2v) is 9.88. The van der Waals surface area contributed by atoms with Crippen LogP contribution >= 0.6 is 11.6 Å². The number of pyridine rings is 1. The third kappa shape index (κ3) is 5.22. The highest BCUT2D eigenvalue weighted by Crippen LogP contribution is 2.29. The Morgan fingerprint density at radius 3 is 2.41 bits per heavy atom. The summed E-state index contributed by atoms with van der Waals surface area (Å²) in [7, 11) is -3.19. The third-order valence-electron chi connectivity index (χ3n) is 4.47. The molecule has 0 atom stereocenters. The number of carbonyl (C=O) groups is 1. The molecule has 0 aliphatic rings. The minimum Gasteiger partial charge on any atom is -0.322 e. The van der Waals surface area contributed by atoms with Crippen molar-refractivity contribution in [3.05, 3.63) is 83.0 Å². The van der Waals surface area contributed by atoms with Gasteiger partial charge in [-0.25, -0.2) is 8.42 Å². The Bertz CT molecular complexity index is 1110. The summed E-state index contributed by atoms with van der Waals surface area (Å²) >= 11 is 6.27. The fraction of sp³-hybridized carbons (Fsp3) is 0.182. The van der Waals surface area contributed by atoms with E-state index in [2.05, 4.69) is 10.3 Å². The van der Waals surface area contributed by atoms with Crippen LogP contribution in [-0.2, 0) is 15.6 Å². The van der Waals surface area contributed by atoms with E-state index in [0.717, 1.165) is 5.56 Å². The number of sulfone groups is 1. The number of aromatic nitrogens is 1. The number of rotatable bonds is 6. The Morgan fingerprint density at radius 2 is 1.79 bits per heavy atom. The van der Waals surface area contributed by atoms with Gasteiger partial charge in [-0.15, -0.1) is 0 Å². The fourth-order valence-corrected chi connectivity index (χ4v) is 3.88. The summed E-state index contributed by atoms with van der Waals surface area (Å²) in [5.74, 6) is -0.338. The van der Waals surface area contributed by atoms with Crippen LogP contribution in [0.4, 0.5) is 5.69 Å². The largest absolute Gasteiger partial charge is 0.322 e. The van der Waals surface area contributed by atoms with Gasteiger partial charge in [-0.05, 0) is 61.9 Å². The van der Waals surface area contributed by atoms with Gasteiger partial charge in [0, 0.05) is 23.0 Å². The lowest BCUT2D eigenvalue weighted by atomic mass is 10.1. The molecule has 0 radical (unpaired) electrons. The van der Waals surface area contributed by atoms with Crippen molar-refractivity contribution < 1.29 is 13.2 Å². The SMILES string of the molecule is CC(C)S(=O)(=O)Cc1ccc(C(=O)Nc2ccc(Cl)c(-c3ccccn3)c2)cc1. The van der Waals surface area contributed by atoms with Crippen molar-refractivity contribution in [2.75, 3.05) is 5.32 Å². The van der Waals surface area contributed by atoms with Gasteiger partial charge >= 0.3 is 0 Å². The molecule has 3 aromatic rings. The Labute approximate surface area is 175 Å². The van der Waals surface area contributed by atoms with E-state index in [1.807, 2.05) is 18.2 Å². The van der Waals surface area contributed by atoms with E-state index in [1.54, 1.807) is 62.5 Å². The minimum absolute atomic E-state index is 0.0445. The van der Waals surface area contributed by atoms with Crippen LogP contribution in [0, 0.1) is 0 Å². The van der Waals surface area contributed by atoms with E-state index in [1.165, 1.54) is 0 Å². The molecule has 5 nitrogen and oxygen atoms in total. The molecule has 0 unspecified atom stereocenters. The molecule has 1 N–H and O–H groups in total. The molecule has 2 aromatic carbocycles. The summed E-state index contributed by atoms with van der Waals surface area (Å²) in [5.41, 5.74) is 3.11. The first-order chi connectivity index (χ1) is 13.8. The normalized spacial score (nSPS) is 11.4. The van der Waals surface area contributed by atoms with Gasteiger partial charge in [0.25, 0.3) is 5.91 Å². The average Bonchev–Trinajstić information content (AvgIpc) is 2.70. The number of anilines is 1. The fourth-order valence-electron chi connectivity index (χ4n) is 2.68. The van der Waals surface area contributed by atoms with Gasteiger partial charge in [-0.3, -0.25) is 9.78 Å². The quantitative estimate of drug-likeness (QED) is 0.600. The van der Waals surface area contributed by atoms with E-state index in [-0.39, 0.29) is 11.7 Å². The molecule has 0 spiro atoms. The third-order valence-corrected chi connectivity index (χ3v) is 6.97. The van der Waals surface area contributed by atoms with Crippen LogP contribution in [0.3, 0.4) is 0 Å². The summed E-state index contributed by atoms with van der Waals surface area (Å²) in [6.07, 6.45) is 1.68. The molecular weight excluding hydrogens is 408 g/mol. The van der Waals surface area contributed by atoms with Gasteiger partial charge in [-0.1, -0.05) is 29.8 Å². The summed E-state index contributed by atoms with van der Waals surface area (Å²) in [4.78, 5) is 16.9. The average molecular weight is 429 g/mol. The number of benzene rings is 2. The smallest absolute Gasteiger partial charge is 0.255 e. The molecule has 0 fully saturated rings. The highest BCUT2D eigenvalue weighted by Gasteiger charge is 2.17. The van der Waals surface area contributed by atoms with Crippen LogP contribution < -0.4 is 5.32 Å². The molecule has 150 valence electrons. The zero-order valence-electron chi connectivity index (χ0n) is 16.1. The second kappa shape index (κ2) is 8.76. The molecular formula is C22H21ClN2O3S. The first-order valence-corrected chi connectivity index (χ1v) is 11.2. The first-order valence-electron chi connectivity index (χ1n) is 9.09. The van der Waals surface area contributed by atoms with Crippen molar-refractivity contribution >= 4 is 33.0 Å². The molecule has 0 saturated heterocycles. The Balaban J connectivity index is 1.75. The predicted octanol–water partition coefficient (Wildman–Crippen LogP) is 4.98. The number of nitrogens with one attached hydrogen (secondary N) is 1. The van der Waals surface area contributed by atoms with E-state index >= 15 is 0 Å². The van der Waals surface area contributed by atoms with Crippen molar-refractivity contribution in [2.45, 2.75) is 24.9 Å². The van der Waals surface area contributed by atoms with E-state index in [4.69, 9.17) is 11.6 Å². The van der Waals surface area contributed by atoms with Gasteiger partial charge in [0.05, 0.1) is 21.7 Å². The molecule has 0 aliphatic heterocycles. The topological polar surface area (TPSA) is 76.1 Å². The lowest BCUT2D eigenvalue weighted by Gasteiger charge is -2.10. The van der Waals surface area contributed by atoms with Gasteiger partial charge < -0.3 is 5.32 Å². The van der Waals surface area contributed by atoms with Crippen molar-refractivity contribution in [3.8, 4) is 11.3 Å². The van der Waals surface area contributed by atoms with Gasteiger partial charge in [0.1, 0.15) is 0 Å². The number of halogens is 1. The van der Waals surface area contributed by atoms with E-state index in [0.29, 0.717) is 27.5 Å². The number of carbonyl (C=O) groups excluding carboxylic acids is 1. The number of nitrogens with zero attached hydrogens (tertiary/aromatic N) is 1. The zero-order chi connectivity index (χ0) is 21.0. The summed E-state index contributed by atoms with van der Waals surface area (Å²) in [6.45, 7) is 3.31. The van der Waals surface area contributed by atoms with Crippen molar-refractivity contribution in [1.29, 1.82) is 0 Å². The number of hydrogen-bond donors (Lipinski definition) is 1. The van der Waals surface area contributed by atoms with Gasteiger partial charge in [0.2, 0.25) is 0 Å². The van der Waals surface area contributed by atoms with E-state index in [9.17, 15) is 13.2 Å². The maximum absolute atomic E-state index is 12.6. The molecule has 7 heteroatoms. The molecule has 1 amide bonds. The standard InChI is InChI=1S/C22H21ClN2O3S/c1-15(2)29(27,28)14-16-6-8-17(9-7-16)22(26)25-18-10-11-20(23)19(13-18)21-5-3-4-12-24-21/h3-13,15H,14H2,1-2H3,(H,25,26). The van der Waals surface area contributed by atoms with Gasteiger partial charge in [-0.2, -0.15) is 0 Å². The molecule has 3 rings (SSSR count). The first kappa shape index (κ1) is 21.0. The lowest BCUT2D eigenvalue weighted by molar-refractivity contribution is 0.102. The Hall–Kier alpha value is -2.70. The van der Waals surface area contributed by atoms with Crippen LogP contribution in [0.5, 0.6) is 0 Å². The second-order valence-electron chi connectivity index (χ2n) is 6.92. The predicted molar refractivity (Wildman–Crippen MR) is 117 cm³/mol. The number of hydrogen-bond acceptors (Lipinski definition) is 4. The van der Waals surface area contributed by atoms with Crippen LogP contribution in [-0.4, -0.2) is 24.6 Å². The molecule has 0 bridgehead atoms. The van der Waals surface area contributed by atoms with Crippen LogP contribution in [0.15, 0.2) is 66.9 Å². The number of amides is 1. The zero-order valence-corrected chi connectivity index (χ0v) is 17.7. The maximum Gasteiger partial charge on any atom is 0.255 e. The summed E-state index contributed by atoms with van der Waals surface area (Å²) in [5, 5.41) is 2.94. The maximum atomic E-state index is 12.6. The highest BCUT2D eigenvalue weighted by molar-refractivity contribution is 7.91. The minimum atomic E-state index is -3.19. The van der Waals surface area contributed by atoms with Crippen LogP contribution in [0.2, 0.25) is 5.02 Å². The Kier molecular flexibility index (Phi) is 6.35. The molecule has 29 heavy (non-hydrogen) atoms. The molecule has 1 aromatic heterocycles. The molecule has 1 heterocycles. The van der Waals surface area contributed by atoms with Crippen LogP contribution in [0.1, 0.15) is 29.8 Å². The molecule has 0 aliphatic carbocycles. The summed E-state index contributed by atoms with van der Waals surface area (Å²) in [6, 6.07) is 17.3. The van der Waals surface area contributed by atoms with Crippen molar-refractivity contribution in [3.63, 3.8) is 0 Å². The monoisotopic (exact) mass is 428 g/mol. The lowest BCUT2D eigenvalue weighted by Crippen LogP contribution is -2.16. The van der Waals surface area contributed by atoms with Gasteiger partial charge in [0.15, 0.2) is 9.84 Å². The van der Waals surface area contributed by atoms with E-state index < -0.39 is 15.1 Å². The van der Waals surface area contributed by atoms with Crippen molar-refractivity contribution in [2.24, 2.45) is 0 Å². The molecule has 0 saturated carbocycles. The highest BCUT2D eigenvalue weighted by atomic mass is 35.5. The van der Waals surface area contributed by atoms with Crippen LogP contribution in [0.25, 0.3) is 11.3 Å². The van der Waals surface area contributed by atoms with Crippen molar-refractivity contribution in [1.82, 2.24) is 4.98 Å². The Morgan fingerprint density at radius 1 is 1.07 bits per heavy atom. The summed E-state index contributed by atoms with van der Waals surface area (Å²) < 4.78 is 24.1.